The number of rotatable bonds is 7. The molecular weight excluding hydrogens is 387 g/mol. The molecule has 0 unspecified atom stereocenters. The first-order valence-electron chi connectivity index (χ1n) is 8.00. The number of amides is 1. The van der Waals surface area contributed by atoms with Crippen LogP contribution in [0.2, 0.25) is 5.02 Å². The number of carbonyl (C=O) groups is 2. The summed E-state index contributed by atoms with van der Waals surface area (Å²) in [6.45, 7) is 0.121. The highest BCUT2D eigenvalue weighted by atomic mass is 35.5. The van der Waals surface area contributed by atoms with Crippen LogP contribution in [0.15, 0.2) is 30.5 Å². The number of halogens is 4. The van der Waals surface area contributed by atoms with Crippen molar-refractivity contribution in [2.75, 3.05) is 13.7 Å². The van der Waals surface area contributed by atoms with E-state index in [4.69, 9.17) is 11.6 Å². The number of esters is 1. The Morgan fingerprint density at radius 2 is 2.04 bits per heavy atom. The molecule has 0 aliphatic rings. The van der Waals surface area contributed by atoms with Gasteiger partial charge in [-0.3, -0.25) is 9.59 Å². The molecule has 0 spiro atoms. The molecule has 0 saturated carbocycles. The second-order valence-electron chi connectivity index (χ2n) is 5.59. The Morgan fingerprint density at radius 3 is 2.67 bits per heavy atom. The van der Waals surface area contributed by atoms with E-state index in [-0.39, 0.29) is 29.6 Å². The van der Waals surface area contributed by atoms with Crippen molar-refractivity contribution >= 4 is 23.5 Å². The number of hydrogen-bond donors (Lipinski definition) is 1. The lowest BCUT2D eigenvalue weighted by atomic mass is 10.2. The molecule has 0 aliphatic heterocycles. The highest BCUT2D eigenvalue weighted by molar-refractivity contribution is 6.30. The summed E-state index contributed by atoms with van der Waals surface area (Å²) in [6, 6.07) is 5.73. The second kappa shape index (κ2) is 8.90. The molecule has 0 atom stereocenters. The zero-order chi connectivity index (χ0) is 20.0. The standard InChI is InChI=1S/C17H17ClF3N3O3/c1-27-14(25)7-2-3-8-22-16(26)13-10-23-24(15(13)17(19,20)21)12-6-4-5-11(18)9-12/h4-6,9-10H,2-3,7-8H2,1H3,(H,22,26). The number of nitrogens with zero attached hydrogens (tertiary/aromatic N) is 2. The highest BCUT2D eigenvalue weighted by Gasteiger charge is 2.40. The minimum absolute atomic E-state index is 0.0898. The van der Waals surface area contributed by atoms with E-state index in [0.717, 1.165) is 6.20 Å². The normalized spacial score (nSPS) is 11.3. The Kier molecular flexibility index (Phi) is 6.84. The zero-order valence-corrected chi connectivity index (χ0v) is 15.1. The number of nitrogens with one attached hydrogen (secondary N) is 1. The van der Waals surface area contributed by atoms with Gasteiger partial charge in [0.05, 0.1) is 24.6 Å². The van der Waals surface area contributed by atoms with Gasteiger partial charge in [0, 0.05) is 18.0 Å². The second-order valence-corrected chi connectivity index (χ2v) is 6.02. The van der Waals surface area contributed by atoms with Gasteiger partial charge in [-0.25, -0.2) is 4.68 Å². The van der Waals surface area contributed by atoms with E-state index in [9.17, 15) is 22.8 Å². The van der Waals surface area contributed by atoms with Gasteiger partial charge in [-0.1, -0.05) is 17.7 Å². The Bertz CT molecular complexity index is 821. The van der Waals surface area contributed by atoms with Crippen molar-refractivity contribution in [2.24, 2.45) is 0 Å². The molecule has 0 radical (unpaired) electrons. The van der Waals surface area contributed by atoms with Crippen LogP contribution in [0.4, 0.5) is 13.2 Å². The molecule has 146 valence electrons. The van der Waals surface area contributed by atoms with Gasteiger partial charge in [-0.2, -0.15) is 18.3 Å². The van der Waals surface area contributed by atoms with E-state index < -0.39 is 23.3 Å². The minimum Gasteiger partial charge on any atom is -0.469 e. The van der Waals surface area contributed by atoms with E-state index >= 15 is 0 Å². The molecule has 1 N–H and O–H groups in total. The third-order valence-corrected chi connectivity index (χ3v) is 3.89. The van der Waals surface area contributed by atoms with E-state index in [1.807, 2.05) is 0 Å². The van der Waals surface area contributed by atoms with E-state index in [0.29, 0.717) is 17.5 Å². The number of ether oxygens (including phenoxy) is 1. The van der Waals surface area contributed by atoms with E-state index in [1.165, 1.54) is 31.4 Å². The molecule has 1 heterocycles. The summed E-state index contributed by atoms with van der Waals surface area (Å²) in [4.78, 5) is 23.2. The molecule has 10 heteroatoms. The molecule has 2 rings (SSSR count). The fraction of sp³-hybridized carbons (Fsp3) is 0.353. The van der Waals surface area contributed by atoms with Crippen LogP contribution < -0.4 is 5.32 Å². The molecule has 0 bridgehead atoms. The first kappa shape index (κ1) is 20.8. The average Bonchev–Trinajstić information content (AvgIpc) is 3.06. The van der Waals surface area contributed by atoms with Gasteiger partial charge in [-0.05, 0) is 31.0 Å². The van der Waals surface area contributed by atoms with Crippen molar-refractivity contribution < 1.29 is 27.5 Å². The minimum atomic E-state index is -4.80. The van der Waals surface area contributed by atoms with Gasteiger partial charge in [-0.15, -0.1) is 0 Å². The Hall–Kier alpha value is -2.55. The average molecular weight is 404 g/mol. The van der Waals surface area contributed by atoms with Crippen molar-refractivity contribution in [1.29, 1.82) is 0 Å². The van der Waals surface area contributed by atoms with Crippen molar-refractivity contribution in [1.82, 2.24) is 15.1 Å². The number of methoxy groups -OCH3 is 1. The molecule has 1 amide bonds. The van der Waals surface area contributed by atoms with Gasteiger partial charge in [0.1, 0.15) is 0 Å². The number of carbonyl (C=O) groups excluding carboxylic acids is 2. The summed E-state index contributed by atoms with van der Waals surface area (Å²) in [7, 11) is 1.26. The molecule has 6 nitrogen and oxygen atoms in total. The predicted octanol–water partition coefficient (Wildman–Crippen LogP) is 3.62. The highest BCUT2D eigenvalue weighted by Crippen LogP contribution is 2.34. The molecule has 1 aromatic heterocycles. The summed E-state index contributed by atoms with van der Waals surface area (Å²) in [5, 5.41) is 6.36. The molecule has 1 aromatic carbocycles. The van der Waals surface area contributed by atoms with Crippen LogP contribution in [0.5, 0.6) is 0 Å². The summed E-state index contributed by atoms with van der Waals surface area (Å²) < 4.78 is 45.7. The third-order valence-electron chi connectivity index (χ3n) is 3.66. The van der Waals surface area contributed by atoms with Gasteiger partial charge >= 0.3 is 12.1 Å². The summed E-state index contributed by atoms with van der Waals surface area (Å²) in [6.07, 6.45) is -2.89. The molecule has 0 aliphatic carbocycles. The van der Waals surface area contributed by atoms with E-state index in [2.05, 4.69) is 15.2 Å². The number of aromatic nitrogens is 2. The zero-order valence-electron chi connectivity index (χ0n) is 14.3. The molecule has 27 heavy (non-hydrogen) atoms. The molecule has 2 aromatic rings. The number of unbranched alkanes of at least 4 members (excludes halogenated alkanes) is 1. The molecule has 0 saturated heterocycles. The Labute approximate surface area is 158 Å². The molecular formula is C17H17ClF3N3O3. The lowest BCUT2D eigenvalue weighted by Gasteiger charge is -2.13. The largest absolute Gasteiger partial charge is 0.469 e. The number of hydrogen-bond acceptors (Lipinski definition) is 4. The van der Waals surface area contributed by atoms with Crippen LogP contribution in [-0.2, 0) is 15.7 Å². The van der Waals surface area contributed by atoms with Crippen molar-refractivity contribution in [3.8, 4) is 5.69 Å². The van der Waals surface area contributed by atoms with Gasteiger partial charge < -0.3 is 10.1 Å². The summed E-state index contributed by atoms with van der Waals surface area (Å²) in [5.74, 6) is -1.28. The van der Waals surface area contributed by atoms with Crippen LogP contribution in [0.1, 0.15) is 35.3 Å². The van der Waals surface area contributed by atoms with Crippen molar-refractivity contribution in [3.63, 3.8) is 0 Å². The number of alkyl halides is 3. The fourth-order valence-corrected chi connectivity index (χ4v) is 2.57. The van der Waals surface area contributed by atoms with Crippen LogP contribution in [-0.4, -0.2) is 35.3 Å². The maximum absolute atomic E-state index is 13.5. The Morgan fingerprint density at radius 1 is 1.30 bits per heavy atom. The predicted molar refractivity (Wildman–Crippen MR) is 91.8 cm³/mol. The summed E-state index contributed by atoms with van der Waals surface area (Å²) in [5.41, 5.74) is -1.68. The third kappa shape index (κ3) is 5.46. The lowest BCUT2D eigenvalue weighted by molar-refractivity contribution is -0.143. The van der Waals surface area contributed by atoms with Gasteiger partial charge in [0.25, 0.3) is 5.91 Å². The first-order chi connectivity index (χ1) is 12.7. The maximum Gasteiger partial charge on any atom is 0.434 e. The van der Waals surface area contributed by atoms with Crippen LogP contribution in [0, 0.1) is 0 Å². The van der Waals surface area contributed by atoms with Crippen molar-refractivity contribution in [3.05, 3.63) is 46.7 Å². The molecule has 0 fully saturated rings. The maximum atomic E-state index is 13.5. The van der Waals surface area contributed by atoms with Crippen molar-refractivity contribution in [2.45, 2.75) is 25.4 Å². The monoisotopic (exact) mass is 403 g/mol. The Balaban J connectivity index is 2.15. The van der Waals surface area contributed by atoms with Crippen LogP contribution >= 0.6 is 11.6 Å². The summed E-state index contributed by atoms with van der Waals surface area (Å²) >= 11 is 5.83. The SMILES string of the molecule is COC(=O)CCCCNC(=O)c1cnn(-c2cccc(Cl)c2)c1C(F)(F)F. The smallest absolute Gasteiger partial charge is 0.434 e. The first-order valence-corrected chi connectivity index (χ1v) is 8.38. The van der Waals surface area contributed by atoms with Gasteiger partial charge in [0.2, 0.25) is 0 Å². The van der Waals surface area contributed by atoms with E-state index in [1.54, 1.807) is 0 Å². The number of benzene rings is 1. The van der Waals surface area contributed by atoms with Crippen LogP contribution in [0.3, 0.4) is 0 Å². The quantitative estimate of drug-likeness (QED) is 0.566. The lowest BCUT2D eigenvalue weighted by Crippen LogP contribution is -2.27. The van der Waals surface area contributed by atoms with Crippen LogP contribution in [0.25, 0.3) is 5.69 Å². The topological polar surface area (TPSA) is 73.2 Å². The fourth-order valence-electron chi connectivity index (χ4n) is 2.38. The van der Waals surface area contributed by atoms with Gasteiger partial charge in [0.15, 0.2) is 5.69 Å².